The van der Waals surface area contributed by atoms with E-state index in [0.717, 1.165) is 25.1 Å². The third-order valence-electron chi connectivity index (χ3n) is 2.48. The molecule has 2 unspecified atom stereocenters. The molecule has 2 atom stereocenters. The molecule has 1 rings (SSSR count). The molecule has 1 aliphatic rings. The summed E-state index contributed by atoms with van der Waals surface area (Å²) in [5, 5.41) is 3.28. The maximum atomic E-state index is 11.6. The van der Waals surface area contributed by atoms with Gasteiger partial charge in [0.15, 0.2) is 6.04 Å². The number of amidine groups is 1. The highest BCUT2D eigenvalue weighted by molar-refractivity contribution is 5.90. The van der Waals surface area contributed by atoms with Crippen molar-refractivity contribution in [3.8, 4) is 0 Å². The van der Waals surface area contributed by atoms with Crippen LogP contribution in [0.4, 0.5) is 0 Å². The number of hydrogen-bond acceptors (Lipinski definition) is 4. The monoisotopic (exact) mass is 212 g/mol. The van der Waals surface area contributed by atoms with E-state index in [1.54, 1.807) is 0 Å². The van der Waals surface area contributed by atoms with E-state index >= 15 is 0 Å². The fraction of sp³-hybridized carbons (Fsp3) is 0.818. The van der Waals surface area contributed by atoms with Gasteiger partial charge in [-0.05, 0) is 19.8 Å². The summed E-state index contributed by atoms with van der Waals surface area (Å²) >= 11 is 0. The van der Waals surface area contributed by atoms with Gasteiger partial charge in [-0.1, -0.05) is 13.8 Å². The molecule has 1 aliphatic heterocycles. The van der Waals surface area contributed by atoms with Crippen LogP contribution < -0.4 is 5.32 Å². The third kappa shape index (κ3) is 2.94. The maximum Gasteiger partial charge on any atom is 0.333 e. The van der Waals surface area contributed by atoms with Gasteiger partial charge < -0.3 is 10.1 Å². The fourth-order valence-electron chi connectivity index (χ4n) is 1.73. The number of carbonyl (C=O) groups is 1. The Hall–Kier alpha value is -1.06. The van der Waals surface area contributed by atoms with Gasteiger partial charge in [-0.2, -0.15) is 0 Å². The number of ether oxygens (including phenoxy) is 1. The van der Waals surface area contributed by atoms with Gasteiger partial charge in [-0.25, -0.2) is 4.79 Å². The van der Waals surface area contributed by atoms with E-state index in [-0.39, 0.29) is 18.1 Å². The van der Waals surface area contributed by atoms with Crippen molar-refractivity contribution in [2.75, 3.05) is 6.61 Å². The Labute approximate surface area is 91.1 Å². The second kappa shape index (κ2) is 5.73. The summed E-state index contributed by atoms with van der Waals surface area (Å²) < 4.78 is 5.00. The topological polar surface area (TPSA) is 50.7 Å². The molecule has 0 saturated heterocycles. The Kier molecular flexibility index (Phi) is 4.59. The van der Waals surface area contributed by atoms with Gasteiger partial charge in [0.2, 0.25) is 0 Å². The maximum absolute atomic E-state index is 11.6. The van der Waals surface area contributed by atoms with Crippen LogP contribution in [0.15, 0.2) is 4.99 Å². The molecule has 86 valence electrons. The van der Waals surface area contributed by atoms with E-state index in [2.05, 4.69) is 17.2 Å². The molecule has 0 amide bonds. The van der Waals surface area contributed by atoms with Gasteiger partial charge >= 0.3 is 5.97 Å². The molecule has 1 heterocycles. The standard InChI is InChI=1S/C11H20N2O2/c1-4-7-9-12-8(5-2)10(13-9)11(14)15-6-3/h8,10H,4-7H2,1-3H3,(H,12,13). The van der Waals surface area contributed by atoms with Crippen LogP contribution in [0.1, 0.15) is 40.0 Å². The lowest BCUT2D eigenvalue weighted by atomic mass is 10.1. The highest BCUT2D eigenvalue weighted by atomic mass is 16.5. The predicted molar refractivity (Wildman–Crippen MR) is 60.0 cm³/mol. The molecular weight excluding hydrogens is 192 g/mol. The summed E-state index contributed by atoms with van der Waals surface area (Å²) in [6.45, 7) is 6.39. The van der Waals surface area contributed by atoms with Crippen LogP contribution in [0.3, 0.4) is 0 Å². The lowest BCUT2D eigenvalue weighted by molar-refractivity contribution is -0.144. The smallest absolute Gasteiger partial charge is 0.333 e. The Morgan fingerprint density at radius 1 is 1.47 bits per heavy atom. The predicted octanol–water partition coefficient (Wildman–Crippen LogP) is 1.50. The van der Waals surface area contributed by atoms with E-state index in [0.29, 0.717) is 6.61 Å². The number of aliphatic imine (C=N–C) groups is 1. The highest BCUT2D eigenvalue weighted by Gasteiger charge is 2.33. The molecule has 0 aromatic heterocycles. The minimum absolute atomic E-state index is 0.116. The zero-order valence-corrected chi connectivity index (χ0v) is 9.75. The van der Waals surface area contributed by atoms with E-state index < -0.39 is 0 Å². The summed E-state index contributed by atoms with van der Waals surface area (Å²) in [4.78, 5) is 16.0. The minimum atomic E-state index is -0.337. The molecule has 0 bridgehead atoms. The number of esters is 1. The fourth-order valence-corrected chi connectivity index (χ4v) is 1.73. The highest BCUT2D eigenvalue weighted by Crippen LogP contribution is 2.14. The van der Waals surface area contributed by atoms with E-state index in [1.165, 1.54) is 0 Å². The van der Waals surface area contributed by atoms with Crippen molar-refractivity contribution in [2.24, 2.45) is 4.99 Å². The van der Waals surface area contributed by atoms with E-state index in [1.807, 2.05) is 13.8 Å². The molecule has 4 heteroatoms. The van der Waals surface area contributed by atoms with Gasteiger partial charge in [-0.15, -0.1) is 0 Å². The van der Waals surface area contributed by atoms with Crippen LogP contribution >= 0.6 is 0 Å². The first-order valence-corrected chi connectivity index (χ1v) is 5.72. The van der Waals surface area contributed by atoms with Crippen LogP contribution in [-0.4, -0.2) is 30.5 Å². The van der Waals surface area contributed by atoms with Crippen molar-refractivity contribution >= 4 is 11.8 Å². The lowest BCUT2D eigenvalue weighted by Gasteiger charge is -2.15. The minimum Gasteiger partial charge on any atom is -0.464 e. The van der Waals surface area contributed by atoms with Crippen molar-refractivity contribution in [1.82, 2.24) is 5.32 Å². The van der Waals surface area contributed by atoms with E-state index in [9.17, 15) is 4.79 Å². The first kappa shape index (κ1) is 12.0. The molecule has 0 radical (unpaired) electrons. The molecule has 4 nitrogen and oxygen atoms in total. The van der Waals surface area contributed by atoms with Gasteiger partial charge in [0.05, 0.1) is 18.5 Å². The van der Waals surface area contributed by atoms with Crippen molar-refractivity contribution in [1.29, 1.82) is 0 Å². The number of nitrogens with zero attached hydrogens (tertiary/aromatic N) is 1. The van der Waals surface area contributed by atoms with Gasteiger partial charge in [-0.3, -0.25) is 4.99 Å². The third-order valence-corrected chi connectivity index (χ3v) is 2.48. The summed E-state index contributed by atoms with van der Waals surface area (Å²) in [6, 6.07) is -0.220. The van der Waals surface area contributed by atoms with Crippen molar-refractivity contribution in [3.63, 3.8) is 0 Å². The number of hydrogen-bond donors (Lipinski definition) is 1. The first-order valence-electron chi connectivity index (χ1n) is 5.72. The summed E-state index contributed by atoms with van der Waals surface area (Å²) in [7, 11) is 0. The Bertz CT molecular complexity index is 251. The molecule has 0 spiro atoms. The van der Waals surface area contributed by atoms with Crippen molar-refractivity contribution in [2.45, 2.75) is 52.1 Å². The Morgan fingerprint density at radius 3 is 2.73 bits per heavy atom. The summed E-state index contributed by atoms with van der Waals surface area (Å²) in [5.41, 5.74) is 0. The van der Waals surface area contributed by atoms with Crippen LogP contribution in [-0.2, 0) is 9.53 Å². The molecule has 0 fully saturated rings. The molecule has 0 saturated carbocycles. The number of nitrogens with one attached hydrogen (secondary N) is 1. The van der Waals surface area contributed by atoms with Gasteiger partial charge in [0.1, 0.15) is 0 Å². The average Bonchev–Trinajstić information content (AvgIpc) is 2.62. The van der Waals surface area contributed by atoms with Crippen LogP contribution in [0.5, 0.6) is 0 Å². The molecule has 0 aromatic rings. The van der Waals surface area contributed by atoms with Crippen LogP contribution in [0, 0.1) is 0 Å². The van der Waals surface area contributed by atoms with Gasteiger partial charge in [0, 0.05) is 6.42 Å². The SMILES string of the molecule is CCCC1=NC(C(=O)OCC)C(CC)N1. The second-order valence-electron chi connectivity index (χ2n) is 3.68. The largest absolute Gasteiger partial charge is 0.464 e. The lowest BCUT2D eigenvalue weighted by Crippen LogP contribution is -2.38. The molecule has 0 aliphatic carbocycles. The van der Waals surface area contributed by atoms with Crippen LogP contribution in [0.25, 0.3) is 0 Å². The normalized spacial score (nSPS) is 24.6. The molecule has 1 N–H and O–H groups in total. The number of carbonyl (C=O) groups excluding carboxylic acids is 1. The molecule has 0 aromatic carbocycles. The van der Waals surface area contributed by atoms with Crippen LogP contribution in [0.2, 0.25) is 0 Å². The first-order chi connectivity index (χ1) is 7.22. The molecule has 15 heavy (non-hydrogen) atoms. The molecular formula is C11H20N2O2. The second-order valence-corrected chi connectivity index (χ2v) is 3.68. The quantitative estimate of drug-likeness (QED) is 0.703. The Balaban J connectivity index is 2.63. The average molecular weight is 212 g/mol. The Morgan fingerprint density at radius 2 is 2.20 bits per heavy atom. The summed E-state index contributed by atoms with van der Waals surface area (Å²) in [6.07, 6.45) is 2.84. The number of rotatable bonds is 5. The van der Waals surface area contributed by atoms with Gasteiger partial charge in [0.25, 0.3) is 0 Å². The van der Waals surface area contributed by atoms with E-state index in [4.69, 9.17) is 4.74 Å². The zero-order valence-electron chi connectivity index (χ0n) is 9.75. The van der Waals surface area contributed by atoms with Crippen molar-refractivity contribution in [3.05, 3.63) is 0 Å². The summed E-state index contributed by atoms with van der Waals surface area (Å²) in [5.74, 6) is 0.741. The van der Waals surface area contributed by atoms with Crippen molar-refractivity contribution < 1.29 is 9.53 Å². The zero-order chi connectivity index (χ0) is 11.3.